The van der Waals surface area contributed by atoms with E-state index < -0.39 is 0 Å². The van der Waals surface area contributed by atoms with Crippen LogP contribution >= 0.6 is 0 Å². The Morgan fingerprint density at radius 1 is 1.14 bits per heavy atom. The van der Waals surface area contributed by atoms with E-state index in [1.165, 1.54) is 0 Å². The molecule has 0 saturated heterocycles. The maximum Gasteiger partial charge on any atom is 0.338 e. The van der Waals surface area contributed by atoms with Crippen LogP contribution in [0.5, 0.6) is 5.75 Å². The average molecular weight is 393 g/mol. The summed E-state index contributed by atoms with van der Waals surface area (Å²) in [4.78, 5) is 26.0. The third kappa shape index (κ3) is 3.70. The third-order valence-electron chi connectivity index (χ3n) is 5.05. The third-order valence-corrected chi connectivity index (χ3v) is 5.05. The van der Waals surface area contributed by atoms with Crippen molar-refractivity contribution in [2.75, 3.05) is 18.2 Å². The maximum absolute atomic E-state index is 12.1. The van der Waals surface area contributed by atoms with E-state index in [0.717, 1.165) is 40.8 Å². The number of hydrogen-bond donors (Lipinski definition) is 0. The van der Waals surface area contributed by atoms with Crippen LogP contribution in [0.15, 0.2) is 51.7 Å². The van der Waals surface area contributed by atoms with Crippen molar-refractivity contribution < 1.29 is 18.7 Å². The fourth-order valence-electron chi connectivity index (χ4n) is 3.66. The van der Waals surface area contributed by atoms with Gasteiger partial charge in [0.25, 0.3) is 0 Å². The number of nitrogens with zero attached hydrogens (tertiary/aromatic N) is 1. The lowest BCUT2D eigenvalue weighted by Gasteiger charge is -2.31. The standard InChI is InChI=1S/C23H23NO5/c1-3-5-16-12-21(25)29-22-18(16)10-11-20-19(22)13-24(14-28-20)17-8-6-15(7-9-17)23(26)27-4-2/h6-12H,3-5,13-14H2,1-2H3. The molecule has 0 atom stereocenters. The Balaban J connectivity index is 1.68. The van der Waals surface area contributed by atoms with E-state index in [0.29, 0.717) is 31.0 Å². The molecule has 29 heavy (non-hydrogen) atoms. The van der Waals surface area contributed by atoms with E-state index in [1.54, 1.807) is 25.1 Å². The minimum Gasteiger partial charge on any atom is -0.473 e. The minimum atomic E-state index is -0.342. The molecule has 0 spiro atoms. The zero-order valence-electron chi connectivity index (χ0n) is 16.6. The van der Waals surface area contributed by atoms with Crippen LogP contribution in [0.1, 0.15) is 41.8 Å². The van der Waals surface area contributed by atoms with Crippen molar-refractivity contribution in [3.8, 4) is 5.75 Å². The topological polar surface area (TPSA) is 69.0 Å². The highest BCUT2D eigenvalue weighted by Crippen LogP contribution is 2.35. The van der Waals surface area contributed by atoms with Crippen molar-refractivity contribution in [1.82, 2.24) is 0 Å². The van der Waals surface area contributed by atoms with Gasteiger partial charge in [0, 0.05) is 17.1 Å². The molecule has 0 radical (unpaired) electrons. The van der Waals surface area contributed by atoms with Crippen LogP contribution < -0.4 is 15.3 Å². The molecule has 1 aliphatic heterocycles. The molecule has 2 aromatic carbocycles. The van der Waals surface area contributed by atoms with Gasteiger partial charge in [-0.15, -0.1) is 0 Å². The summed E-state index contributed by atoms with van der Waals surface area (Å²) >= 11 is 0. The first-order chi connectivity index (χ1) is 14.1. The van der Waals surface area contributed by atoms with Gasteiger partial charge in [0.1, 0.15) is 11.3 Å². The second kappa shape index (κ2) is 7.99. The highest BCUT2D eigenvalue weighted by atomic mass is 16.5. The fraction of sp³-hybridized carbons (Fsp3) is 0.304. The predicted octanol–water partition coefficient (Wildman–Crippen LogP) is 4.28. The van der Waals surface area contributed by atoms with Crippen molar-refractivity contribution in [2.24, 2.45) is 0 Å². The number of ether oxygens (including phenoxy) is 2. The second-order valence-electron chi connectivity index (χ2n) is 7.00. The molecule has 0 bridgehead atoms. The van der Waals surface area contributed by atoms with Crippen molar-refractivity contribution in [3.63, 3.8) is 0 Å². The van der Waals surface area contributed by atoms with Crippen molar-refractivity contribution in [2.45, 2.75) is 33.2 Å². The van der Waals surface area contributed by atoms with E-state index in [9.17, 15) is 9.59 Å². The minimum absolute atomic E-state index is 0.337. The van der Waals surface area contributed by atoms with E-state index in [1.807, 2.05) is 29.2 Å². The largest absolute Gasteiger partial charge is 0.473 e. The molecule has 1 aliphatic rings. The molecule has 6 nitrogen and oxygen atoms in total. The molecule has 4 rings (SSSR count). The van der Waals surface area contributed by atoms with Gasteiger partial charge in [-0.2, -0.15) is 0 Å². The second-order valence-corrected chi connectivity index (χ2v) is 7.00. The Bertz CT molecular complexity index is 1100. The van der Waals surface area contributed by atoms with E-state index in [2.05, 4.69) is 6.92 Å². The monoisotopic (exact) mass is 393 g/mol. The zero-order chi connectivity index (χ0) is 20.4. The number of anilines is 1. The number of rotatable bonds is 5. The molecule has 0 fully saturated rings. The van der Waals surface area contributed by atoms with Gasteiger partial charge in [-0.1, -0.05) is 13.3 Å². The highest BCUT2D eigenvalue weighted by molar-refractivity contribution is 5.90. The summed E-state index contributed by atoms with van der Waals surface area (Å²) in [7, 11) is 0. The van der Waals surface area contributed by atoms with Gasteiger partial charge in [-0.3, -0.25) is 0 Å². The first-order valence-electron chi connectivity index (χ1n) is 9.84. The predicted molar refractivity (Wildman–Crippen MR) is 111 cm³/mol. The van der Waals surface area contributed by atoms with Gasteiger partial charge in [-0.25, -0.2) is 9.59 Å². The lowest BCUT2D eigenvalue weighted by atomic mass is 10.0. The molecule has 6 heteroatoms. The molecular weight excluding hydrogens is 370 g/mol. The first-order valence-corrected chi connectivity index (χ1v) is 9.84. The van der Waals surface area contributed by atoms with Gasteiger partial charge in [0.05, 0.1) is 24.3 Å². The molecule has 0 amide bonds. The number of esters is 1. The lowest BCUT2D eigenvalue weighted by molar-refractivity contribution is 0.0526. The summed E-state index contributed by atoms with van der Waals surface area (Å²) in [6, 6.07) is 12.7. The molecule has 1 aromatic heterocycles. The normalized spacial score (nSPS) is 13.1. The summed E-state index contributed by atoms with van der Waals surface area (Å²) in [5.41, 5.74) is 3.52. The van der Waals surface area contributed by atoms with Gasteiger partial charge >= 0.3 is 11.6 Å². The molecule has 3 aromatic rings. The van der Waals surface area contributed by atoms with Crippen molar-refractivity contribution >= 4 is 22.6 Å². The molecule has 0 unspecified atom stereocenters. The Labute approximate surface area is 168 Å². The van der Waals surface area contributed by atoms with Gasteiger partial charge in [-0.05, 0) is 55.3 Å². The molecule has 150 valence electrons. The molecule has 0 saturated carbocycles. The van der Waals surface area contributed by atoms with Gasteiger partial charge in [0.15, 0.2) is 6.73 Å². The van der Waals surface area contributed by atoms with Crippen LogP contribution in [-0.2, 0) is 17.7 Å². The average Bonchev–Trinajstić information content (AvgIpc) is 2.74. The summed E-state index contributed by atoms with van der Waals surface area (Å²) in [5.74, 6) is 0.393. The zero-order valence-corrected chi connectivity index (χ0v) is 16.6. The summed E-state index contributed by atoms with van der Waals surface area (Å²) < 4.78 is 16.5. The molecule has 0 aliphatic carbocycles. The number of carbonyl (C=O) groups is 1. The number of fused-ring (bicyclic) bond motifs is 3. The van der Waals surface area contributed by atoms with Crippen LogP contribution in [0.25, 0.3) is 11.0 Å². The maximum atomic E-state index is 12.1. The van der Waals surface area contributed by atoms with E-state index in [4.69, 9.17) is 13.9 Å². The van der Waals surface area contributed by atoms with Crippen LogP contribution in [0.4, 0.5) is 5.69 Å². The summed E-state index contributed by atoms with van der Waals surface area (Å²) in [5, 5.41) is 0.952. The van der Waals surface area contributed by atoms with Crippen molar-refractivity contribution in [1.29, 1.82) is 0 Å². The highest BCUT2D eigenvalue weighted by Gasteiger charge is 2.23. The number of hydrogen-bond acceptors (Lipinski definition) is 6. The number of carbonyl (C=O) groups excluding carboxylic acids is 1. The molecule has 0 N–H and O–H groups in total. The van der Waals surface area contributed by atoms with Crippen LogP contribution in [0.2, 0.25) is 0 Å². The quantitative estimate of drug-likeness (QED) is 0.476. The Morgan fingerprint density at radius 3 is 2.66 bits per heavy atom. The lowest BCUT2D eigenvalue weighted by Crippen LogP contribution is -2.32. The first kappa shape index (κ1) is 19.1. The number of aryl methyl sites for hydroxylation is 1. The van der Waals surface area contributed by atoms with Gasteiger partial charge < -0.3 is 18.8 Å². The Morgan fingerprint density at radius 2 is 1.93 bits per heavy atom. The van der Waals surface area contributed by atoms with Crippen molar-refractivity contribution in [3.05, 3.63) is 69.6 Å². The van der Waals surface area contributed by atoms with E-state index in [-0.39, 0.29) is 11.6 Å². The smallest absolute Gasteiger partial charge is 0.338 e. The molecule has 2 heterocycles. The van der Waals surface area contributed by atoms with Crippen LogP contribution in [0, 0.1) is 0 Å². The van der Waals surface area contributed by atoms with Crippen LogP contribution in [0.3, 0.4) is 0 Å². The summed E-state index contributed by atoms with van der Waals surface area (Å²) in [6.45, 7) is 5.13. The van der Waals surface area contributed by atoms with E-state index >= 15 is 0 Å². The SMILES string of the molecule is CCCc1cc(=O)oc2c3c(ccc12)OCN(c1ccc(C(=O)OCC)cc1)C3. The Hall–Kier alpha value is -3.28. The van der Waals surface area contributed by atoms with Gasteiger partial charge in [0.2, 0.25) is 0 Å². The number of benzene rings is 2. The fourth-order valence-corrected chi connectivity index (χ4v) is 3.66. The Kier molecular flexibility index (Phi) is 5.25. The molecular formula is C23H23NO5. The van der Waals surface area contributed by atoms with Crippen LogP contribution in [-0.4, -0.2) is 19.3 Å². The summed E-state index contributed by atoms with van der Waals surface area (Å²) in [6.07, 6.45) is 1.77.